The zero-order valence-corrected chi connectivity index (χ0v) is 18.8. The predicted molar refractivity (Wildman–Crippen MR) is 123 cm³/mol. The minimum absolute atomic E-state index is 0.00986. The fourth-order valence-corrected chi connectivity index (χ4v) is 4.04. The largest absolute Gasteiger partial charge is 0.460 e. The molecule has 3 rings (SSSR count). The van der Waals surface area contributed by atoms with Crippen molar-refractivity contribution in [3.8, 4) is 0 Å². The van der Waals surface area contributed by atoms with Gasteiger partial charge in [-0.1, -0.05) is 72.7 Å². The third-order valence-corrected chi connectivity index (χ3v) is 6.03. The Labute approximate surface area is 184 Å². The second-order valence-electron chi connectivity index (χ2n) is 6.77. The molecule has 0 spiro atoms. The molecule has 0 atom stereocenters. The van der Waals surface area contributed by atoms with E-state index < -0.39 is 11.5 Å². The predicted octanol–water partition coefficient (Wildman–Crippen LogP) is 4.39. The number of carbonyl (C=O) groups excluding carboxylic acids is 1. The second kappa shape index (κ2) is 10.0. The summed E-state index contributed by atoms with van der Waals surface area (Å²) in [6, 6.07) is 7.95. The average molecular weight is 446 g/mol. The Morgan fingerprint density at radius 1 is 1.30 bits per heavy atom. The summed E-state index contributed by atoms with van der Waals surface area (Å²) in [7, 11) is 0. The molecular weight excluding hydrogens is 422 g/mol. The molecule has 0 bridgehead atoms. The van der Waals surface area contributed by atoms with Crippen molar-refractivity contribution in [3.05, 3.63) is 67.5 Å². The summed E-state index contributed by atoms with van der Waals surface area (Å²) < 4.78 is 6.64. The van der Waals surface area contributed by atoms with E-state index in [0.717, 1.165) is 35.6 Å². The number of aromatic nitrogens is 2. The van der Waals surface area contributed by atoms with Crippen molar-refractivity contribution in [2.45, 2.75) is 20.8 Å². The van der Waals surface area contributed by atoms with Crippen LogP contribution < -0.4 is 5.56 Å². The van der Waals surface area contributed by atoms with Crippen LogP contribution in [0.15, 0.2) is 35.3 Å². The van der Waals surface area contributed by atoms with Gasteiger partial charge in [0.2, 0.25) is 0 Å². The topological polar surface area (TPSA) is 63.9 Å². The molecule has 0 aliphatic heterocycles. The molecule has 158 valence electrons. The van der Waals surface area contributed by atoms with E-state index in [-0.39, 0.29) is 5.02 Å². The van der Waals surface area contributed by atoms with Gasteiger partial charge in [0.05, 0.1) is 5.69 Å². The lowest BCUT2D eigenvalue weighted by Gasteiger charge is -2.17. The van der Waals surface area contributed by atoms with Gasteiger partial charge in [0.1, 0.15) is 16.5 Å². The van der Waals surface area contributed by atoms with Crippen molar-refractivity contribution < 1.29 is 9.53 Å². The van der Waals surface area contributed by atoms with Gasteiger partial charge in [-0.05, 0) is 31.7 Å². The first-order valence-electron chi connectivity index (χ1n) is 9.78. The summed E-state index contributed by atoms with van der Waals surface area (Å²) >= 11 is 7.35. The Morgan fingerprint density at radius 3 is 2.77 bits per heavy atom. The summed E-state index contributed by atoms with van der Waals surface area (Å²) in [6.07, 6.45) is 5.00. The van der Waals surface area contributed by atoms with Crippen molar-refractivity contribution in [3.63, 3.8) is 0 Å². The number of aryl methyl sites for hydroxylation is 1. The fourth-order valence-electron chi connectivity index (χ4n) is 2.97. The number of nitrogens with zero attached hydrogens (tertiary/aromatic N) is 3. The molecule has 0 fully saturated rings. The molecule has 30 heavy (non-hydrogen) atoms. The van der Waals surface area contributed by atoms with Gasteiger partial charge < -0.3 is 9.64 Å². The van der Waals surface area contributed by atoms with Crippen molar-refractivity contribution in [1.29, 1.82) is 0 Å². The molecule has 6 nitrogen and oxygen atoms in total. The summed E-state index contributed by atoms with van der Waals surface area (Å²) in [5.41, 5.74) is 2.07. The van der Waals surface area contributed by atoms with Crippen LogP contribution in [-0.2, 0) is 4.74 Å². The molecule has 8 heteroatoms. The third kappa shape index (κ3) is 5.16. The van der Waals surface area contributed by atoms with Gasteiger partial charge in [-0.25, -0.2) is 9.78 Å². The number of halogens is 1. The van der Waals surface area contributed by atoms with E-state index in [1.165, 1.54) is 10.6 Å². The monoisotopic (exact) mass is 445 g/mol. The quantitative estimate of drug-likeness (QED) is 0.481. The number of fused-ring (bicyclic) bond motifs is 1. The highest BCUT2D eigenvalue weighted by atomic mass is 35.5. The Hall–Kier alpha value is -2.48. The highest BCUT2D eigenvalue weighted by molar-refractivity contribution is 7.18. The van der Waals surface area contributed by atoms with Crippen LogP contribution in [0.2, 0.25) is 5.02 Å². The van der Waals surface area contributed by atoms with Crippen molar-refractivity contribution in [2.24, 2.45) is 0 Å². The maximum atomic E-state index is 12.6. The lowest BCUT2D eigenvalue weighted by molar-refractivity contribution is 0.0471. The number of ether oxygens (including phenoxy) is 1. The van der Waals surface area contributed by atoms with Crippen LogP contribution in [0.5, 0.6) is 0 Å². The van der Waals surface area contributed by atoms with Crippen LogP contribution in [0.25, 0.3) is 17.1 Å². The van der Waals surface area contributed by atoms with E-state index in [4.69, 9.17) is 16.3 Å². The van der Waals surface area contributed by atoms with E-state index in [0.29, 0.717) is 28.7 Å². The van der Waals surface area contributed by atoms with Gasteiger partial charge in [0.15, 0.2) is 4.96 Å². The van der Waals surface area contributed by atoms with Gasteiger partial charge >= 0.3 is 5.97 Å². The molecule has 0 saturated carbocycles. The minimum Gasteiger partial charge on any atom is -0.460 e. The summed E-state index contributed by atoms with van der Waals surface area (Å²) in [6.45, 7) is 8.88. The molecule has 1 aromatic carbocycles. The molecular formula is C22H24ClN3O3S. The minimum atomic E-state index is -0.468. The van der Waals surface area contributed by atoms with E-state index in [1.54, 1.807) is 6.08 Å². The Kier molecular flexibility index (Phi) is 7.42. The number of hydrogen-bond donors (Lipinski definition) is 0. The van der Waals surface area contributed by atoms with Crippen molar-refractivity contribution in [2.75, 3.05) is 26.2 Å². The van der Waals surface area contributed by atoms with Gasteiger partial charge in [0, 0.05) is 12.7 Å². The second-order valence-corrected chi connectivity index (χ2v) is 8.16. The number of hydrogen-bond acceptors (Lipinski definition) is 6. The average Bonchev–Trinajstić information content (AvgIpc) is 3.17. The number of likely N-dealkylation sites (N-methyl/N-ethyl adjacent to an activating group) is 1. The number of rotatable bonds is 8. The zero-order valence-electron chi connectivity index (χ0n) is 17.2. The van der Waals surface area contributed by atoms with Gasteiger partial charge in [-0.2, -0.15) is 0 Å². The third-order valence-electron chi connectivity index (χ3n) is 4.71. The standard InChI is InChI=1S/C22H24ClN3O3S/c1-4-25(5-2)11-12-29-21(28)18-14-26-20(27)19(23)17(24-22(26)30-18)10-9-16-8-6-7-15(3)13-16/h6-10,13-14H,4-5,11-12H2,1-3H3. The van der Waals surface area contributed by atoms with Gasteiger partial charge in [-0.15, -0.1) is 0 Å². The molecule has 0 amide bonds. The van der Waals surface area contributed by atoms with Gasteiger partial charge in [0.25, 0.3) is 5.56 Å². The molecule has 0 unspecified atom stereocenters. The Bertz CT molecular complexity index is 1130. The summed E-state index contributed by atoms with van der Waals surface area (Å²) in [5.74, 6) is -0.468. The zero-order chi connectivity index (χ0) is 21.7. The summed E-state index contributed by atoms with van der Waals surface area (Å²) in [5, 5.41) is 0.00986. The highest BCUT2D eigenvalue weighted by Crippen LogP contribution is 2.20. The van der Waals surface area contributed by atoms with Crippen LogP contribution >= 0.6 is 22.9 Å². The first-order valence-corrected chi connectivity index (χ1v) is 11.0. The maximum absolute atomic E-state index is 12.6. The molecule has 3 aromatic rings. The molecule has 0 aliphatic rings. The molecule has 0 aliphatic carbocycles. The normalized spacial score (nSPS) is 11.6. The van der Waals surface area contributed by atoms with Crippen molar-refractivity contribution >= 4 is 46.0 Å². The SMILES string of the molecule is CCN(CC)CCOC(=O)c1cn2c(=O)c(Cl)c(C=Cc3cccc(C)c3)nc2s1. The lowest BCUT2D eigenvalue weighted by Crippen LogP contribution is -2.27. The number of esters is 1. The van der Waals surface area contributed by atoms with Crippen LogP contribution in [-0.4, -0.2) is 46.5 Å². The van der Waals surface area contributed by atoms with Crippen LogP contribution in [0.3, 0.4) is 0 Å². The first kappa shape index (κ1) is 22.2. The van der Waals surface area contributed by atoms with Gasteiger partial charge in [-0.3, -0.25) is 9.20 Å². The van der Waals surface area contributed by atoms with Crippen LogP contribution in [0.4, 0.5) is 0 Å². The van der Waals surface area contributed by atoms with Crippen LogP contribution in [0.1, 0.15) is 40.3 Å². The molecule has 0 N–H and O–H groups in total. The van der Waals surface area contributed by atoms with E-state index >= 15 is 0 Å². The maximum Gasteiger partial charge on any atom is 0.350 e. The molecule has 0 saturated heterocycles. The number of carbonyl (C=O) groups is 1. The molecule has 2 heterocycles. The lowest BCUT2D eigenvalue weighted by atomic mass is 10.1. The first-order chi connectivity index (χ1) is 14.4. The highest BCUT2D eigenvalue weighted by Gasteiger charge is 2.17. The van der Waals surface area contributed by atoms with E-state index in [9.17, 15) is 9.59 Å². The van der Waals surface area contributed by atoms with E-state index in [2.05, 4.69) is 23.7 Å². The van der Waals surface area contributed by atoms with Crippen LogP contribution in [0, 0.1) is 6.92 Å². The smallest absolute Gasteiger partial charge is 0.350 e. The molecule has 0 radical (unpaired) electrons. The number of thiazole rings is 1. The van der Waals surface area contributed by atoms with E-state index in [1.807, 2.05) is 37.3 Å². The van der Waals surface area contributed by atoms with Crippen molar-refractivity contribution in [1.82, 2.24) is 14.3 Å². The number of benzene rings is 1. The fraction of sp³-hybridized carbons (Fsp3) is 0.318. The molecule has 2 aromatic heterocycles. The Morgan fingerprint density at radius 2 is 2.07 bits per heavy atom. The Balaban J connectivity index is 1.81. The summed E-state index contributed by atoms with van der Waals surface area (Å²) in [4.78, 5) is 32.3.